The second-order valence-corrected chi connectivity index (χ2v) is 10.2. The third kappa shape index (κ3) is 8.73. The first-order chi connectivity index (χ1) is 17.6. The van der Waals surface area contributed by atoms with Crippen LogP contribution in [-0.4, -0.2) is 29.6 Å². The molecule has 0 saturated heterocycles. The Labute approximate surface area is 235 Å². The summed E-state index contributed by atoms with van der Waals surface area (Å²) in [6.07, 6.45) is -0.757. The van der Waals surface area contributed by atoms with Gasteiger partial charge in [-0.15, -0.1) is 0 Å². The minimum atomic E-state index is -0.757. The van der Waals surface area contributed by atoms with Gasteiger partial charge in [0.1, 0.15) is 11.5 Å². The number of amides is 2. The highest BCUT2D eigenvalue weighted by molar-refractivity contribution is 9.10. The number of rotatable bonds is 9. The molecular formula is C27H27BrClN3O4S. The number of thiocarbonyl (C=S) groups is 1. The van der Waals surface area contributed by atoms with Crippen LogP contribution in [0.25, 0.3) is 0 Å². The van der Waals surface area contributed by atoms with E-state index >= 15 is 0 Å². The fourth-order valence-corrected chi connectivity index (χ4v) is 3.81. The van der Waals surface area contributed by atoms with Crippen molar-refractivity contribution in [3.8, 4) is 11.5 Å². The molecule has 2 amide bonds. The Morgan fingerprint density at radius 3 is 2.24 bits per heavy atom. The van der Waals surface area contributed by atoms with E-state index in [1.165, 1.54) is 0 Å². The Morgan fingerprint density at radius 2 is 1.59 bits per heavy atom. The van der Waals surface area contributed by atoms with Crippen LogP contribution < -0.4 is 25.4 Å². The maximum Gasteiger partial charge on any atom is 0.265 e. The van der Waals surface area contributed by atoms with Gasteiger partial charge in [0.15, 0.2) is 11.2 Å². The van der Waals surface area contributed by atoms with E-state index in [-0.39, 0.29) is 11.0 Å². The van der Waals surface area contributed by atoms with E-state index in [9.17, 15) is 9.59 Å². The fourth-order valence-electron chi connectivity index (χ4n) is 3.06. The number of benzene rings is 3. The average molecular weight is 605 g/mol. The fraction of sp³-hybridized carbons (Fsp3) is 0.222. The zero-order valence-corrected chi connectivity index (χ0v) is 23.7. The summed E-state index contributed by atoms with van der Waals surface area (Å²) in [6, 6.07) is 19.1. The first kappa shape index (κ1) is 28.4. The standard InChI is InChI=1S/C27H27BrClN3O4S/c1-16(2)15-35-23-13-8-18(28)14-21(23)26(34)32-27(37)31-20-11-9-19(10-12-20)30-25(33)17(3)36-24-7-5-4-6-22(24)29/h4-14,16-17H,15H2,1-3H3,(H,30,33)(H2,31,32,34,37). The largest absolute Gasteiger partial charge is 0.492 e. The minimum Gasteiger partial charge on any atom is -0.492 e. The monoisotopic (exact) mass is 603 g/mol. The SMILES string of the molecule is CC(C)COc1ccc(Br)cc1C(=O)NC(=S)Nc1ccc(NC(=O)C(C)Oc2ccccc2Cl)cc1. The molecular weight excluding hydrogens is 578 g/mol. The highest BCUT2D eigenvalue weighted by Gasteiger charge is 2.17. The average Bonchev–Trinajstić information content (AvgIpc) is 2.85. The molecule has 0 fully saturated rings. The highest BCUT2D eigenvalue weighted by atomic mass is 79.9. The smallest absolute Gasteiger partial charge is 0.265 e. The van der Waals surface area contributed by atoms with E-state index in [1.807, 2.05) is 19.9 Å². The van der Waals surface area contributed by atoms with Gasteiger partial charge in [0.25, 0.3) is 11.8 Å². The van der Waals surface area contributed by atoms with Crippen LogP contribution in [0, 0.1) is 5.92 Å². The predicted octanol–water partition coefficient (Wildman–Crippen LogP) is 6.67. The van der Waals surface area contributed by atoms with Gasteiger partial charge in [-0.05, 0) is 79.7 Å². The molecule has 37 heavy (non-hydrogen) atoms. The molecule has 0 aliphatic rings. The summed E-state index contributed by atoms with van der Waals surface area (Å²) in [6.45, 7) is 6.19. The molecule has 3 aromatic carbocycles. The lowest BCUT2D eigenvalue weighted by Gasteiger charge is -2.16. The Hall–Kier alpha value is -3.14. The number of anilines is 2. The van der Waals surface area contributed by atoms with Crippen molar-refractivity contribution >= 4 is 68.1 Å². The molecule has 0 spiro atoms. The molecule has 0 aliphatic heterocycles. The summed E-state index contributed by atoms with van der Waals surface area (Å²) in [5.41, 5.74) is 1.57. The van der Waals surface area contributed by atoms with E-state index in [0.29, 0.717) is 46.0 Å². The third-order valence-electron chi connectivity index (χ3n) is 4.91. The maximum atomic E-state index is 12.8. The second-order valence-electron chi connectivity index (χ2n) is 8.51. The number of hydrogen-bond acceptors (Lipinski definition) is 5. The van der Waals surface area contributed by atoms with Crippen molar-refractivity contribution in [2.75, 3.05) is 17.2 Å². The van der Waals surface area contributed by atoms with Crippen molar-refractivity contribution in [1.82, 2.24) is 5.32 Å². The van der Waals surface area contributed by atoms with Gasteiger partial charge in [0.05, 0.1) is 17.2 Å². The van der Waals surface area contributed by atoms with Crippen molar-refractivity contribution in [3.63, 3.8) is 0 Å². The normalized spacial score (nSPS) is 11.4. The zero-order chi connectivity index (χ0) is 26.9. The molecule has 0 heterocycles. The van der Waals surface area contributed by atoms with Crippen LogP contribution in [-0.2, 0) is 4.79 Å². The molecule has 0 aliphatic carbocycles. The lowest BCUT2D eigenvalue weighted by Crippen LogP contribution is -2.34. The summed E-state index contributed by atoms with van der Waals surface area (Å²) in [5, 5.41) is 8.98. The summed E-state index contributed by atoms with van der Waals surface area (Å²) < 4.78 is 12.2. The highest BCUT2D eigenvalue weighted by Crippen LogP contribution is 2.25. The van der Waals surface area contributed by atoms with Gasteiger partial charge >= 0.3 is 0 Å². The molecule has 1 atom stereocenters. The van der Waals surface area contributed by atoms with Crippen LogP contribution in [0.2, 0.25) is 5.02 Å². The minimum absolute atomic E-state index is 0.123. The van der Waals surface area contributed by atoms with Crippen LogP contribution in [0.4, 0.5) is 11.4 Å². The van der Waals surface area contributed by atoms with Gasteiger partial charge in [0, 0.05) is 15.8 Å². The van der Waals surface area contributed by atoms with Gasteiger partial charge in [-0.2, -0.15) is 0 Å². The number of carbonyl (C=O) groups is 2. The Bertz CT molecular complexity index is 1270. The first-order valence-corrected chi connectivity index (χ1v) is 13.1. The summed E-state index contributed by atoms with van der Waals surface area (Å²) in [7, 11) is 0. The zero-order valence-electron chi connectivity index (χ0n) is 20.5. The van der Waals surface area contributed by atoms with E-state index in [2.05, 4.69) is 31.9 Å². The van der Waals surface area contributed by atoms with Crippen LogP contribution in [0.1, 0.15) is 31.1 Å². The van der Waals surface area contributed by atoms with Crippen LogP contribution >= 0.6 is 39.7 Å². The molecule has 3 N–H and O–H groups in total. The van der Waals surface area contributed by atoms with Gasteiger partial charge in [0.2, 0.25) is 0 Å². The summed E-state index contributed by atoms with van der Waals surface area (Å²) >= 11 is 14.8. The molecule has 3 rings (SSSR count). The topological polar surface area (TPSA) is 88.7 Å². The summed E-state index contributed by atoms with van der Waals surface area (Å²) in [5.74, 6) is 0.503. The van der Waals surface area contributed by atoms with Crippen LogP contribution in [0.15, 0.2) is 71.2 Å². The van der Waals surface area contributed by atoms with Crippen molar-refractivity contribution in [1.29, 1.82) is 0 Å². The first-order valence-electron chi connectivity index (χ1n) is 11.5. The van der Waals surface area contributed by atoms with Crippen molar-refractivity contribution in [2.45, 2.75) is 26.9 Å². The van der Waals surface area contributed by atoms with Gasteiger partial charge < -0.3 is 20.1 Å². The molecule has 0 aromatic heterocycles. The van der Waals surface area contributed by atoms with E-state index in [0.717, 1.165) is 4.47 Å². The van der Waals surface area contributed by atoms with Crippen LogP contribution in [0.3, 0.4) is 0 Å². The Morgan fingerprint density at radius 1 is 0.946 bits per heavy atom. The van der Waals surface area contributed by atoms with Crippen molar-refractivity contribution < 1.29 is 19.1 Å². The van der Waals surface area contributed by atoms with E-state index < -0.39 is 12.0 Å². The quantitative estimate of drug-likeness (QED) is 0.237. The lowest BCUT2D eigenvalue weighted by atomic mass is 10.2. The summed E-state index contributed by atoms with van der Waals surface area (Å²) in [4.78, 5) is 25.4. The molecule has 0 radical (unpaired) electrons. The third-order valence-corrected chi connectivity index (χ3v) is 5.92. The molecule has 10 heteroatoms. The van der Waals surface area contributed by atoms with Crippen molar-refractivity contribution in [3.05, 3.63) is 81.8 Å². The number of ether oxygens (including phenoxy) is 2. The number of nitrogens with one attached hydrogen (secondary N) is 3. The lowest BCUT2D eigenvalue weighted by molar-refractivity contribution is -0.122. The Kier molecular flexibility index (Phi) is 10.3. The number of carbonyl (C=O) groups excluding carboxylic acids is 2. The molecule has 7 nitrogen and oxygen atoms in total. The maximum absolute atomic E-state index is 12.8. The number of halogens is 2. The van der Waals surface area contributed by atoms with E-state index in [1.54, 1.807) is 67.6 Å². The molecule has 194 valence electrons. The molecule has 3 aromatic rings. The number of hydrogen-bond donors (Lipinski definition) is 3. The van der Waals surface area contributed by atoms with Gasteiger partial charge in [-0.3, -0.25) is 14.9 Å². The Balaban J connectivity index is 1.55. The van der Waals surface area contributed by atoms with E-state index in [4.69, 9.17) is 33.3 Å². The number of para-hydroxylation sites is 1. The van der Waals surface area contributed by atoms with Crippen molar-refractivity contribution in [2.24, 2.45) is 5.92 Å². The molecule has 1 unspecified atom stereocenters. The van der Waals surface area contributed by atoms with Gasteiger partial charge in [-0.25, -0.2) is 0 Å². The molecule has 0 saturated carbocycles. The van der Waals surface area contributed by atoms with Crippen LogP contribution in [0.5, 0.6) is 11.5 Å². The second kappa shape index (κ2) is 13.4. The predicted molar refractivity (Wildman–Crippen MR) is 155 cm³/mol. The van der Waals surface area contributed by atoms with Gasteiger partial charge in [-0.1, -0.05) is 53.5 Å². The molecule has 0 bridgehead atoms.